The smallest absolute Gasteiger partial charge is 0.265 e. The third-order valence-electron chi connectivity index (χ3n) is 7.42. The zero-order valence-electron chi connectivity index (χ0n) is 22.3. The van der Waals surface area contributed by atoms with E-state index in [0.29, 0.717) is 11.3 Å². The first-order valence-corrected chi connectivity index (χ1v) is 14.3. The molecule has 3 heterocycles. The molecule has 0 radical (unpaired) electrons. The number of fused-ring (bicyclic) bond motifs is 1. The van der Waals surface area contributed by atoms with Gasteiger partial charge in [0.15, 0.2) is 0 Å². The number of carbonyl (C=O) groups is 2. The first-order chi connectivity index (χ1) is 19.5. The first kappa shape index (κ1) is 26.0. The van der Waals surface area contributed by atoms with Gasteiger partial charge in [-0.1, -0.05) is 30.3 Å². The molecule has 2 aliphatic heterocycles. The predicted molar refractivity (Wildman–Crippen MR) is 164 cm³/mol. The molecule has 2 aliphatic rings. The number of hydrogen-bond acceptors (Lipinski definition) is 6. The van der Waals surface area contributed by atoms with Crippen LogP contribution in [0.15, 0.2) is 89.2 Å². The van der Waals surface area contributed by atoms with Gasteiger partial charge in [0.05, 0.1) is 10.6 Å². The number of benzene rings is 3. The fraction of sp³-hybridized carbons (Fsp3) is 0.219. The van der Waals surface area contributed by atoms with Crippen molar-refractivity contribution in [2.45, 2.75) is 12.3 Å². The second kappa shape index (κ2) is 11.5. The Morgan fingerprint density at radius 3 is 2.58 bits per heavy atom. The van der Waals surface area contributed by atoms with Gasteiger partial charge < -0.3 is 20.4 Å². The second-order valence-electron chi connectivity index (χ2n) is 10.3. The van der Waals surface area contributed by atoms with Gasteiger partial charge in [-0.25, -0.2) is 0 Å². The molecule has 2 amide bonds. The molecule has 1 atom stereocenters. The summed E-state index contributed by atoms with van der Waals surface area (Å²) in [4.78, 5) is 35.3. The number of hydrogen-bond donors (Lipinski definition) is 2. The topological polar surface area (TPSA) is 77.0 Å². The summed E-state index contributed by atoms with van der Waals surface area (Å²) in [6.07, 6.45) is 2.43. The molecule has 1 saturated heterocycles. The van der Waals surface area contributed by atoms with E-state index in [1.165, 1.54) is 17.0 Å². The van der Waals surface area contributed by atoms with Crippen molar-refractivity contribution in [3.05, 3.63) is 106 Å². The highest BCUT2D eigenvalue weighted by Gasteiger charge is 2.29. The summed E-state index contributed by atoms with van der Waals surface area (Å²) in [5.74, 6) is -0.614. The van der Waals surface area contributed by atoms with Crippen molar-refractivity contribution in [1.82, 2.24) is 4.90 Å². The minimum absolute atomic E-state index is 0.0664. The number of aliphatic imine (C=N–C) groups is 1. The zero-order valence-corrected chi connectivity index (χ0v) is 23.2. The van der Waals surface area contributed by atoms with Gasteiger partial charge in [0, 0.05) is 49.5 Å². The Balaban J connectivity index is 1.14. The Hall–Kier alpha value is -4.27. The van der Waals surface area contributed by atoms with Crippen molar-refractivity contribution in [3.8, 4) is 0 Å². The number of piperazine rings is 1. The number of amides is 2. The lowest BCUT2D eigenvalue weighted by atomic mass is 9.96. The van der Waals surface area contributed by atoms with Crippen molar-refractivity contribution >= 4 is 52.1 Å². The highest BCUT2D eigenvalue weighted by molar-refractivity contribution is 7.12. The van der Waals surface area contributed by atoms with Crippen LogP contribution in [0.5, 0.6) is 0 Å². The van der Waals surface area contributed by atoms with Crippen molar-refractivity contribution in [3.63, 3.8) is 0 Å². The van der Waals surface area contributed by atoms with Crippen LogP contribution in [0.2, 0.25) is 0 Å². The van der Waals surface area contributed by atoms with Crippen LogP contribution in [-0.2, 0) is 11.2 Å². The average Bonchev–Trinajstić information content (AvgIpc) is 3.61. The van der Waals surface area contributed by atoms with Gasteiger partial charge in [-0.2, -0.15) is 0 Å². The van der Waals surface area contributed by atoms with E-state index in [9.17, 15) is 9.59 Å². The van der Waals surface area contributed by atoms with Crippen LogP contribution in [0, 0.1) is 0 Å². The number of likely N-dealkylation sites (N-methyl/N-ethyl adjacent to an activating group) is 1. The summed E-state index contributed by atoms with van der Waals surface area (Å²) < 4.78 is 0. The van der Waals surface area contributed by atoms with Crippen LogP contribution < -0.4 is 15.5 Å². The van der Waals surface area contributed by atoms with Crippen molar-refractivity contribution in [2.24, 2.45) is 4.99 Å². The molecular formula is C32H31N5O2S. The van der Waals surface area contributed by atoms with Gasteiger partial charge in [0.1, 0.15) is 5.92 Å². The maximum absolute atomic E-state index is 12.8. The summed E-state index contributed by atoms with van der Waals surface area (Å²) in [7, 11) is 2.15. The van der Waals surface area contributed by atoms with Crippen molar-refractivity contribution < 1.29 is 9.59 Å². The molecule has 1 fully saturated rings. The van der Waals surface area contributed by atoms with Gasteiger partial charge in [0.2, 0.25) is 5.91 Å². The van der Waals surface area contributed by atoms with E-state index in [0.717, 1.165) is 59.9 Å². The van der Waals surface area contributed by atoms with Crippen LogP contribution in [0.25, 0.3) is 0 Å². The van der Waals surface area contributed by atoms with Crippen LogP contribution in [0.3, 0.4) is 0 Å². The van der Waals surface area contributed by atoms with E-state index in [1.807, 2.05) is 66.0 Å². The molecule has 3 aromatic carbocycles. The fourth-order valence-electron chi connectivity index (χ4n) is 5.16. The van der Waals surface area contributed by atoms with Gasteiger partial charge in [-0.3, -0.25) is 14.6 Å². The van der Waals surface area contributed by atoms with Crippen molar-refractivity contribution in [2.75, 3.05) is 48.8 Å². The third kappa shape index (κ3) is 5.83. The van der Waals surface area contributed by atoms with E-state index in [-0.39, 0.29) is 11.8 Å². The summed E-state index contributed by atoms with van der Waals surface area (Å²) in [6.45, 7) is 4.18. The molecule has 7 nitrogen and oxygen atoms in total. The second-order valence-corrected chi connectivity index (χ2v) is 11.2. The average molecular weight is 550 g/mol. The Kier molecular flexibility index (Phi) is 7.44. The molecule has 6 rings (SSSR count). The van der Waals surface area contributed by atoms with E-state index in [2.05, 4.69) is 50.7 Å². The Morgan fingerprint density at radius 2 is 1.80 bits per heavy atom. The van der Waals surface area contributed by atoms with Crippen LogP contribution >= 0.6 is 11.3 Å². The quantitative estimate of drug-likeness (QED) is 0.287. The molecule has 4 aromatic rings. The maximum Gasteiger partial charge on any atom is 0.265 e. The lowest BCUT2D eigenvalue weighted by molar-refractivity contribution is -0.115. The van der Waals surface area contributed by atoms with E-state index in [1.54, 1.807) is 6.21 Å². The summed E-state index contributed by atoms with van der Waals surface area (Å²) in [5, 5.41) is 7.85. The number of nitrogens with zero attached hydrogens (tertiary/aromatic N) is 3. The minimum Gasteiger partial charge on any atom is -0.369 e. The Bertz CT molecular complexity index is 1540. The number of nitrogens with one attached hydrogen (secondary N) is 2. The number of rotatable bonds is 7. The maximum atomic E-state index is 12.8. The minimum atomic E-state index is -0.441. The first-order valence-electron chi connectivity index (χ1n) is 13.5. The molecular weight excluding hydrogens is 518 g/mol. The molecule has 0 saturated carbocycles. The SMILES string of the molecule is CN1CCN(c2ccc(N=CC3C(=O)Nc4ccc(Cc5cccc(NC(=O)c6cccs6)c5)cc43)cc2)CC1. The summed E-state index contributed by atoms with van der Waals surface area (Å²) in [6, 6.07) is 25.9. The van der Waals surface area contributed by atoms with E-state index in [4.69, 9.17) is 0 Å². The van der Waals surface area contributed by atoms with Gasteiger partial charge in [-0.05, 0) is 84.1 Å². The Morgan fingerprint density at radius 1 is 1.00 bits per heavy atom. The lowest BCUT2D eigenvalue weighted by Gasteiger charge is -2.34. The largest absolute Gasteiger partial charge is 0.369 e. The molecule has 0 bridgehead atoms. The van der Waals surface area contributed by atoms with Gasteiger partial charge >= 0.3 is 0 Å². The molecule has 202 valence electrons. The van der Waals surface area contributed by atoms with Crippen molar-refractivity contribution in [1.29, 1.82) is 0 Å². The normalized spacial score (nSPS) is 17.2. The number of anilines is 3. The molecule has 0 aliphatic carbocycles. The van der Waals surface area contributed by atoms with Crippen LogP contribution in [-0.4, -0.2) is 56.2 Å². The highest BCUT2D eigenvalue weighted by atomic mass is 32.1. The molecule has 2 N–H and O–H groups in total. The van der Waals surface area contributed by atoms with Gasteiger partial charge in [-0.15, -0.1) is 11.3 Å². The predicted octanol–water partition coefficient (Wildman–Crippen LogP) is 5.78. The molecule has 8 heteroatoms. The third-order valence-corrected chi connectivity index (χ3v) is 8.29. The van der Waals surface area contributed by atoms with E-state index < -0.39 is 5.92 Å². The summed E-state index contributed by atoms with van der Waals surface area (Å²) >= 11 is 1.42. The highest BCUT2D eigenvalue weighted by Crippen LogP contribution is 2.33. The molecule has 1 unspecified atom stereocenters. The number of carbonyl (C=O) groups excluding carboxylic acids is 2. The van der Waals surface area contributed by atoms with Crippen LogP contribution in [0.1, 0.15) is 32.3 Å². The molecule has 0 spiro atoms. The fourth-order valence-corrected chi connectivity index (χ4v) is 5.78. The van der Waals surface area contributed by atoms with E-state index >= 15 is 0 Å². The molecule has 1 aromatic heterocycles. The molecule has 40 heavy (non-hydrogen) atoms. The monoisotopic (exact) mass is 549 g/mol. The zero-order chi connectivity index (χ0) is 27.5. The van der Waals surface area contributed by atoms with Gasteiger partial charge in [0.25, 0.3) is 5.91 Å². The lowest BCUT2D eigenvalue weighted by Crippen LogP contribution is -2.44. The van der Waals surface area contributed by atoms with Crippen LogP contribution in [0.4, 0.5) is 22.7 Å². The summed E-state index contributed by atoms with van der Waals surface area (Å²) in [5.41, 5.74) is 6.72. The standard InChI is InChI=1S/C32H31N5O2S/c1-36-13-15-37(16-14-36)26-10-8-24(9-11-26)33-21-28-27-20-23(7-12-29(27)35-31(28)38)18-22-4-2-5-25(19-22)34-32(39)30-6-3-17-40-30/h2-12,17,19-21,28H,13-16,18H2,1H3,(H,34,39)(H,35,38). The number of thiophene rings is 1. The Labute approximate surface area is 238 Å².